The highest BCUT2D eigenvalue weighted by Gasteiger charge is 2.07. The van der Waals surface area contributed by atoms with Gasteiger partial charge in [0.1, 0.15) is 5.82 Å². The van der Waals surface area contributed by atoms with Gasteiger partial charge in [-0.25, -0.2) is 4.39 Å². The largest absolute Gasteiger partial charge is 0.474 e. The van der Waals surface area contributed by atoms with Crippen LogP contribution in [0.15, 0.2) is 42.6 Å². The van der Waals surface area contributed by atoms with Gasteiger partial charge in [-0.2, -0.15) is 0 Å². The quantitative estimate of drug-likeness (QED) is 0.736. The number of hydrogen-bond donors (Lipinski definition) is 0. The summed E-state index contributed by atoms with van der Waals surface area (Å²) in [4.78, 5) is 4.25. The molecule has 0 bridgehead atoms. The molecule has 5 heteroatoms. The van der Waals surface area contributed by atoms with E-state index in [1.807, 2.05) is 13.8 Å². The summed E-state index contributed by atoms with van der Waals surface area (Å²) in [5, 5.41) is 8.58. The number of nitrogens with zero attached hydrogens (tertiary/aromatic N) is 3. The van der Waals surface area contributed by atoms with Crippen LogP contribution in [0.2, 0.25) is 0 Å². The molecule has 106 valence electrons. The summed E-state index contributed by atoms with van der Waals surface area (Å²) in [7, 11) is 0. The average molecular weight is 283 g/mol. The summed E-state index contributed by atoms with van der Waals surface area (Å²) in [6.07, 6.45) is 1.70. The monoisotopic (exact) mass is 283 g/mol. The Labute approximate surface area is 121 Å². The molecule has 3 rings (SSSR count). The van der Waals surface area contributed by atoms with Gasteiger partial charge in [0.2, 0.25) is 5.88 Å². The van der Waals surface area contributed by atoms with E-state index in [4.69, 9.17) is 4.74 Å². The van der Waals surface area contributed by atoms with Crippen LogP contribution < -0.4 is 4.74 Å². The number of hydrogen-bond acceptors (Lipinski definition) is 4. The van der Waals surface area contributed by atoms with E-state index in [1.54, 1.807) is 36.5 Å². The maximum atomic E-state index is 13.8. The normalized spacial score (nSPS) is 11.0. The molecule has 0 unspecified atom stereocenters. The van der Waals surface area contributed by atoms with Gasteiger partial charge >= 0.3 is 0 Å². The molecular weight excluding hydrogens is 269 g/mol. The predicted octanol–water partition coefficient (Wildman–Crippen LogP) is 3.62. The topological polar surface area (TPSA) is 47.9 Å². The lowest BCUT2D eigenvalue weighted by Gasteiger charge is -2.08. The summed E-state index contributed by atoms with van der Waals surface area (Å²) < 4.78 is 19.2. The van der Waals surface area contributed by atoms with Gasteiger partial charge in [0.25, 0.3) is 0 Å². The average Bonchev–Trinajstić information content (AvgIpc) is 2.48. The smallest absolute Gasteiger partial charge is 0.233 e. The zero-order valence-electron chi connectivity index (χ0n) is 11.7. The number of aromatic nitrogens is 3. The molecule has 0 fully saturated rings. The number of ether oxygens (including phenoxy) is 1. The van der Waals surface area contributed by atoms with Crippen molar-refractivity contribution in [3.63, 3.8) is 0 Å². The van der Waals surface area contributed by atoms with Crippen molar-refractivity contribution in [2.24, 2.45) is 0 Å². The number of pyridine rings is 1. The van der Waals surface area contributed by atoms with Crippen LogP contribution in [0.1, 0.15) is 13.8 Å². The Balaban J connectivity index is 1.98. The fourth-order valence-corrected chi connectivity index (χ4v) is 2.03. The second kappa shape index (κ2) is 5.44. The van der Waals surface area contributed by atoms with Gasteiger partial charge in [-0.05, 0) is 38.1 Å². The van der Waals surface area contributed by atoms with Gasteiger partial charge in [0, 0.05) is 23.2 Å². The summed E-state index contributed by atoms with van der Waals surface area (Å²) in [5.41, 5.74) is 1.96. The van der Waals surface area contributed by atoms with E-state index in [2.05, 4.69) is 15.2 Å². The first-order valence-corrected chi connectivity index (χ1v) is 6.68. The van der Waals surface area contributed by atoms with Gasteiger partial charge in [0.05, 0.1) is 17.3 Å². The van der Waals surface area contributed by atoms with Crippen molar-refractivity contribution in [1.29, 1.82) is 0 Å². The van der Waals surface area contributed by atoms with Crippen LogP contribution in [0.25, 0.3) is 22.2 Å². The molecule has 0 aliphatic heterocycles. The van der Waals surface area contributed by atoms with Crippen molar-refractivity contribution in [2.75, 3.05) is 0 Å². The molecule has 0 N–H and O–H groups in total. The highest BCUT2D eigenvalue weighted by atomic mass is 19.1. The predicted molar refractivity (Wildman–Crippen MR) is 78.5 cm³/mol. The highest BCUT2D eigenvalue weighted by molar-refractivity contribution is 5.83. The molecule has 0 spiro atoms. The number of rotatable bonds is 3. The summed E-state index contributed by atoms with van der Waals surface area (Å²) >= 11 is 0. The van der Waals surface area contributed by atoms with Crippen LogP contribution >= 0.6 is 0 Å². The molecule has 0 saturated carbocycles. The van der Waals surface area contributed by atoms with Crippen LogP contribution in [0.5, 0.6) is 5.88 Å². The van der Waals surface area contributed by atoms with Crippen molar-refractivity contribution in [1.82, 2.24) is 15.2 Å². The molecule has 3 aromatic rings. The second-order valence-electron chi connectivity index (χ2n) is 4.95. The summed E-state index contributed by atoms with van der Waals surface area (Å²) in [6, 6.07) is 10.1. The lowest BCUT2D eigenvalue weighted by Crippen LogP contribution is -2.07. The van der Waals surface area contributed by atoms with E-state index in [0.29, 0.717) is 22.5 Å². The summed E-state index contributed by atoms with van der Waals surface area (Å²) in [6.45, 7) is 3.84. The molecule has 0 atom stereocenters. The lowest BCUT2D eigenvalue weighted by molar-refractivity contribution is 0.230. The second-order valence-corrected chi connectivity index (χ2v) is 4.95. The van der Waals surface area contributed by atoms with Crippen LogP contribution in [0.4, 0.5) is 4.39 Å². The van der Waals surface area contributed by atoms with E-state index < -0.39 is 0 Å². The van der Waals surface area contributed by atoms with Gasteiger partial charge in [-0.1, -0.05) is 6.07 Å². The molecule has 2 heterocycles. The maximum absolute atomic E-state index is 13.8. The number of benzene rings is 1. The summed E-state index contributed by atoms with van der Waals surface area (Å²) in [5.74, 6) is 0.170. The zero-order valence-corrected chi connectivity index (χ0v) is 11.7. The first kappa shape index (κ1) is 13.4. The lowest BCUT2D eigenvalue weighted by atomic mass is 10.1. The van der Waals surface area contributed by atoms with Gasteiger partial charge in [-0.15, -0.1) is 10.2 Å². The molecule has 4 nitrogen and oxygen atoms in total. The van der Waals surface area contributed by atoms with E-state index in [9.17, 15) is 4.39 Å². The minimum absolute atomic E-state index is 0.0431. The fraction of sp³-hybridized carbons (Fsp3) is 0.188. The SMILES string of the molecule is CC(C)Oc1ccc(-c2cnc3cccc(F)c3c2)nn1. The molecule has 0 radical (unpaired) electrons. The van der Waals surface area contributed by atoms with E-state index in [0.717, 1.165) is 5.56 Å². The third-order valence-electron chi connectivity index (χ3n) is 2.96. The minimum atomic E-state index is -0.297. The standard InChI is InChI=1S/C16H14FN3O/c1-10(2)21-16-7-6-14(19-20-16)11-8-12-13(17)4-3-5-15(12)18-9-11/h3-10H,1-2H3. The zero-order chi connectivity index (χ0) is 14.8. The molecule has 0 aliphatic rings. The maximum Gasteiger partial charge on any atom is 0.233 e. The first-order valence-electron chi connectivity index (χ1n) is 6.68. The molecule has 2 aromatic heterocycles. The van der Waals surface area contributed by atoms with Crippen molar-refractivity contribution < 1.29 is 9.13 Å². The minimum Gasteiger partial charge on any atom is -0.474 e. The molecular formula is C16H14FN3O. The molecule has 1 aromatic carbocycles. The van der Waals surface area contributed by atoms with Crippen molar-refractivity contribution >= 4 is 10.9 Å². The van der Waals surface area contributed by atoms with Gasteiger partial charge < -0.3 is 4.74 Å². The Hall–Kier alpha value is -2.56. The van der Waals surface area contributed by atoms with Crippen molar-refractivity contribution in [2.45, 2.75) is 20.0 Å². The Morgan fingerprint density at radius 3 is 2.67 bits per heavy atom. The Kier molecular flexibility index (Phi) is 3.48. The molecule has 0 saturated heterocycles. The van der Waals surface area contributed by atoms with Crippen LogP contribution in [-0.2, 0) is 0 Å². The first-order chi connectivity index (χ1) is 10.1. The van der Waals surface area contributed by atoms with Crippen LogP contribution in [0, 0.1) is 5.82 Å². The third kappa shape index (κ3) is 2.81. The molecule has 21 heavy (non-hydrogen) atoms. The van der Waals surface area contributed by atoms with Crippen molar-refractivity contribution in [3.05, 3.63) is 48.4 Å². The van der Waals surface area contributed by atoms with E-state index >= 15 is 0 Å². The van der Waals surface area contributed by atoms with Gasteiger partial charge in [0.15, 0.2) is 0 Å². The molecule has 0 amide bonds. The van der Waals surface area contributed by atoms with Crippen LogP contribution in [-0.4, -0.2) is 21.3 Å². The van der Waals surface area contributed by atoms with E-state index in [1.165, 1.54) is 6.07 Å². The number of fused-ring (bicyclic) bond motifs is 1. The highest BCUT2D eigenvalue weighted by Crippen LogP contribution is 2.23. The Bertz CT molecular complexity index is 772. The Morgan fingerprint density at radius 1 is 1.10 bits per heavy atom. The fourth-order valence-electron chi connectivity index (χ4n) is 2.03. The van der Waals surface area contributed by atoms with Gasteiger partial charge in [-0.3, -0.25) is 4.98 Å². The molecule has 0 aliphatic carbocycles. The Morgan fingerprint density at radius 2 is 1.95 bits per heavy atom. The van der Waals surface area contributed by atoms with E-state index in [-0.39, 0.29) is 11.9 Å². The van der Waals surface area contributed by atoms with Crippen molar-refractivity contribution in [3.8, 4) is 17.1 Å². The van der Waals surface area contributed by atoms with Crippen LogP contribution in [0.3, 0.4) is 0 Å². The number of halogens is 1. The third-order valence-corrected chi connectivity index (χ3v) is 2.96.